The third kappa shape index (κ3) is 1.86. The van der Waals surface area contributed by atoms with Crippen LogP contribution in [-0.2, 0) is 19.0 Å². The van der Waals surface area contributed by atoms with E-state index in [1.54, 1.807) is 0 Å². The summed E-state index contributed by atoms with van der Waals surface area (Å²) < 4.78 is 17.2. The zero-order valence-electron chi connectivity index (χ0n) is 10.5. The Kier molecular flexibility index (Phi) is 2.60. The van der Waals surface area contributed by atoms with Crippen LogP contribution in [0.25, 0.3) is 0 Å². The molecular weight excluding hydrogens is 244 g/mol. The lowest BCUT2D eigenvalue weighted by molar-refractivity contribution is -0.238. The van der Waals surface area contributed by atoms with Crippen molar-refractivity contribution in [2.24, 2.45) is 11.8 Å². The average Bonchev–Trinajstić information content (AvgIpc) is 2.95. The number of hydrogen-bond acceptors (Lipinski definition) is 4. The van der Waals surface area contributed by atoms with E-state index >= 15 is 0 Å². The van der Waals surface area contributed by atoms with Crippen molar-refractivity contribution in [3.63, 3.8) is 0 Å². The first-order valence-corrected chi connectivity index (χ1v) is 6.83. The molecule has 3 fully saturated rings. The van der Waals surface area contributed by atoms with Crippen molar-refractivity contribution in [1.82, 2.24) is 0 Å². The number of rotatable bonds is 1. The summed E-state index contributed by atoms with van der Waals surface area (Å²) in [6, 6.07) is 9.98. The Morgan fingerprint density at radius 3 is 2.74 bits per heavy atom. The van der Waals surface area contributed by atoms with Crippen LogP contribution in [0.1, 0.15) is 24.7 Å². The number of hydrogen-bond donors (Lipinski definition) is 0. The number of ether oxygens (including phenoxy) is 3. The molecule has 0 radical (unpaired) electrons. The Morgan fingerprint density at radius 1 is 1.05 bits per heavy atom. The van der Waals surface area contributed by atoms with Crippen LogP contribution in [-0.4, -0.2) is 24.8 Å². The Hall–Kier alpha value is -1.39. The van der Waals surface area contributed by atoms with Gasteiger partial charge in [-0.2, -0.15) is 0 Å². The lowest BCUT2D eigenvalue weighted by atomic mass is 9.92. The fraction of sp³-hybridized carbons (Fsp3) is 0.533. The molecule has 2 aliphatic heterocycles. The van der Waals surface area contributed by atoms with Crippen molar-refractivity contribution in [3.05, 3.63) is 35.9 Å². The Labute approximate surface area is 111 Å². The first-order valence-electron chi connectivity index (χ1n) is 6.83. The van der Waals surface area contributed by atoms with Crippen molar-refractivity contribution in [1.29, 1.82) is 0 Å². The number of fused-ring (bicyclic) bond motifs is 3. The molecule has 1 saturated carbocycles. The third-order valence-electron chi connectivity index (χ3n) is 4.47. The van der Waals surface area contributed by atoms with E-state index < -0.39 is 0 Å². The van der Waals surface area contributed by atoms with E-state index in [0.29, 0.717) is 18.9 Å². The van der Waals surface area contributed by atoms with Gasteiger partial charge in [-0.25, -0.2) is 0 Å². The number of benzene rings is 1. The van der Waals surface area contributed by atoms with Gasteiger partial charge < -0.3 is 14.2 Å². The predicted octanol–water partition coefficient (Wildman–Crippen LogP) is 2.05. The molecular formula is C15H16O4. The highest BCUT2D eigenvalue weighted by Crippen LogP contribution is 2.46. The maximum Gasteiger partial charge on any atom is 0.306 e. The lowest BCUT2D eigenvalue weighted by Gasteiger charge is -2.34. The molecule has 0 amide bonds. The summed E-state index contributed by atoms with van der Waals surface area (Å²) in [6.45, 7) is 0.655. The van der Waals surface area contributed by atoms with Crippen LogP contribution in [0.15, 0.2) is 30.3 Å². The summed E-state index contributed by atoms with van der Waals surface area (Å²) in [5.74, 6) is 0.518. The molecule has 0 bridgehead atoms. The number of carbonyl (C=O) groups is 1. The molecule has 4 heteroatoms. The molecule has 19 heavy (non-hydrogen) atoms. The van der Waals surface area contributed by atoms with Crippen LogP contribution in [0.3, 0.4) is 0 Å². The smallest absolute Gasteiger partial charge is 0.306 e. The van der Waals surface area contributed by atoms with Gasteiger partial charge in [0.2, 0.25) is 0 Å². The monoisotopic (exact) mass is 260 g/mol. The van der Waals surface area contributed by atoms with Gasteiger partial charge in [-0.1, -0.05) is 30.3 Å². The first kappa shape index (κ1) is 11.4. The molecule has 100 valence electrons. The van der Waals surface area contributed by atoms with Crippen molar-refractivity contribution >= 4 is 5.97 Å². The SMILES string of the molecule is O=C1CC2C(C[C@@H]3OC(c4ccccc4)OC[C@@H]23)O1. The van der Waals surface area contributed by atoms with Gasteiger partial charge in [0.1, 0.15) is 6.10 Å². The van der Waals surface area contributed by atoms with Crippen LogP contribution in [0.4, 0.5) is 0 Å². The van der Waals surface area contributed by atoms with Crippen LogP contribution < -0.4 is 0 Å². The molecule has 2 saturated heterocycles. The van der Waals surface area contributed by atoms with E-state index in [1.165, 1.54) is 0 Å². The maximum atomic E-state index is 11.3. The van der Waals surface area contributed by atoms with E-state index in [4.69, 9.17) is 14.2 Å². The molecule has 1 aromatic carbocycles. The van der Waals surface area contributed by atoms with Crippen LogP contribution >= 0.6 is 0 Å². The van der Waals surface area contributed by atoms with Crippen molar-refractivity contribution in [2.45, 2.75) is 31.3 Å². The van der Waals surface area contributed by atoms with Gasteiger partial charge in [0, 0.05) is 23.8 Å². The Bertz CT molecular complexity index is 486. The zero-order chi connectivity index (χ0) is 12.8. The summed E-state index contributed by atoms with van der Waals surface area (Å²) in [5, 5.41) is 0. The molecule has 4 rings (SSSR count). The summed E-state index contributed by atoms with van der Waals surface area (Å²) in [5.41, 5.74) is 1.05. The molecule has 2 heterocycles. The summed E-state index contributed by atoms with van der Waals surface area (Å²) in [4.78, 5) is 11.3. The molecule has 3 aliphatic rings. The number of carbonyl (C=O) groups excluding carboxylic acids is 1. The van der Waals surface area contributed by atoms with Gasteiger partial charge in [-0.3, -0.25) is 4.79 Å². The van der Waals surface area contributed by atoms with Gasteiger partial charge >= 0.3 is 5.97 Å². The quantitative estimate of drug-likeness (QED) is 0.725. The fourth-order valence-corrected chi connectivity index (χ4v) is 3.53. The minimum Gasteiger partial charge on any atom is -0.462 e. The highest BCUT2D eigenvalue weighted by Gasteiger charge is 2.53. The molecule has 1 aromatic rings. The normalized spacial score (nSPS) is 40.6. The second-order valence-electron chi connectivity index (χ2n) is 5.55. The summed E-state index contributed by atoms with van der Waals surface area (Å²) in [6.07, 6.45) is 1.25. The third-order valence-corrected chi connectivity index (χ3v) is 4.47. The Balaban J connectivity index is 1.50. The van der Waals surface area contributed by atoms with Gasteiger partial charge in [0.15, 0.2) is 6.29 Å². The van der Waals surface area contributed by atoms with Crippen LogP contribution in [0, 0.1) is 11.8 Å². The van der Waals surface area contributed by atoms with Gasteiger partial charge in [-0.15, -0.1) is 0 Å². The van der Waals surface area contributed by atoms with E-state index in [0.717, 1.165) is 12.0 Å². The first-order chi connectivity index (χ1) is 9.31. The largest absolute Gasteiger partial charge is 0.462 e. The molecule has 4 nitrogen and oxygen atoms in total. The van der Waals surface area contributed by atoms with Gasteiger partial charge in [0.05, 0.1) is 19.1 Å². The summed E-state index contributed by atoms with van der Waals surface area (Å²) in [7, 11) is 0. The lowest BCUT2D eigenvalue weighted by Crippen LogP contribution is -2.35. The molecule has 3 unspecified atom stereocenters. The van der Waals surface area contributed by atoms with E-state index in [2.05, 4.69) is 0 Å². The topological polar surface area (TPSA) is 44.8 Å². The maximum absolute atomic E-state index is 11.3. The zero-order valence-corrected chi connectivity index (χ0v) is 10.5. The highest BCUT2D eigenvalue weighted by molar-refractivity contribution is 5.72. The van der Waals surface area contributed by atoms with E-state index in [1.807, 2.05) is 30.3 Å². The minimum absolute atomic E-state index is 0.0422. The van der Waals surface area contributed by atoms with Crippen molar-refractivity contribution in [2.75, 3.05) is 6.61 Å². The van der Waals surface area contributed by atoms with Crippen molar-refractivity contribution in [3.8, 4) is 0 Å². The second-order valence-corrected chi connectivity index (χ2v) is 5.55. The average molecular weight is 260 g/mol. The van der Waals surface area contributed by atoms with Gasteiger partial charge in [-0.05, 0) is 0 Å². The van der Waals surface area contributed by atoms with Crippen molar-refractivity contribution < 1.29 is 19.0 Å². The highest BCUT2D eigenvalue weighted by atomic mass is 16.7. The molecule has 0 N–H and O–H groups in total. The summed E-state index contributed by atoms with van der Waals surface area (Å²) >= 11 is 0. The molecule has 5 atom stereocenters. The fourth-order valence-electron chi connectivity index (χ4n) is 3.53. The minimum atomic E-state index is -0.281. The Morgan fingerprint density at radius 2 is 1.89 bits per heavy atom. The van der Waals surface area contributed by atoms with E-state index in [9.17, 15) is 4.79 Å². The number of esters is 1. The van der Waals surface area contributed by atoms with Crippen LogP contribution in [0.5, 0.6) is 0 Å². The standard InChI is InChI=1S/C15H16O4/c16-14-6-10-11-8-17-15(9-4-2-1-3-5-9)19-13(11)7-12(10)18-14/h1-5,10-13,15H,6-8H2/t10?,11-,12?,13-,15?/m0/s1. The second kappa shape index (κ2) is 4.32. The molecule has 0 spiro atoms. The van der Waals surface area contributed by atoms with Gasteiger partial charge in [0.25, 0.3) is 0 Å². The van der Waals surface area contributed by atoms with Crippen LogP contribution in [0.2, 0.25) is 0 Å². The predicted molar refractivity (Wildman–Crippen MR) is 66.1 cm³/mol. The molecule has 1 aliphatic carbocycles. The molecule has 0 aromatic heterocycles. The van der Waals surface area contributed by atoms with E-state index in [-0.39, 0.29) is 30.4 Å².